The maximum atomic E-state index is 13.7. The van der Waals surface area contributed by atoms with E-state index in [-0.39, 0.29) is 40.2 Å². The van der Waals surface area contributed by atoms with Crippen LogP contribution in [0.2, 0.25) is 0 Å². The van der Waals surface area contributed by atoms with Gasteiger partial charge in [-0.2, -0.15) is 0 Å². The summed E-state index contributed by atoms with van der Waals surface area (Å²) in [6.07, 6.45) is -3.16. The lowest BCUT2D eigenvalue weighted by Gasteiger charge is -2.45. The second-order valence-corrected chi connectivity index (χ2v) is 8.08. The number of methoxy groups -OCH3 is 2. The van der Waals surface area contributed by atoms with Crippen molar-refractivity contribution in [1.82, 2.24) is 0 Å². The lowest BCUT2D eigenvalue weighted by atomic mass is 9.76. The zero-order chi connectivity index (χ0) is 22.9. The number of fused-ring (bicyclic) bond motifs is 6. The fraction of sp³-hybridized carbons (Fsp3) is 0.348. The minimum absolute atomic E-state index is 0.0251. The van der Waals surface area contributed by atoms with Crippen molar-refractivity contribution in [2.24, 2.45) is 0 Å². The zero-order valence-electron chi connectivity index (χ0n) is 17.7. The molecule has 0 aromatic heterocycles. The van der Waals surface area contributed by atoms with E-state index in [9.17, 15) is 20.1 Å². The number of ketones is 1. The van der Waals surface area contributed by atoms with E-state index in [1.54, 1.807) is 0 Å². The van der Waals surface area contributed by atoms with Gasteiger partial charge in [0.05, 0.1) is 14.2 Å². The van der Waals surface area contributed by atoms with Gasteiger partial charge >= 0.3 is 0 Å². The quantitative estimate of drug-likeness (QED) is 0.611. The number of aliphatic hydroxyl groups is 2. The first-order valence-electron chi connectivity index (χ1n) is 9.96. The Labute approximate surface area is 183 Å². The Morgan fingerprint density at radius 3 is 2.47 bits per heavy atom. The van der Waals surface area contributed by atoms with E-state index >= 15 is 0 Å². The Kier molecular flexibility index (Phi) is 4.34. The molecule has 0 bridgehead atoms. The number of Topliss-reactive ketones (excluding diaryl/α,β-unsaturated/α-hetero) is 1. The van der Waals surface area contributed by atoms with Crippen molar-refractivity contribution in [3.05, 3.63) is 47.0 Å². The Morgan fingerprint density at radius 1 is 1.12 bits per heavy atom. The summed E-state index contributed by atoms with van der Waals surface area (Å²) in [4.78, 5) is 13.7. The van der Waals surface area contributed by atoms with Gasteiger partial charge < -0.3 is 39.0 Å². The molecule has 0 radical (unpaired) electrons. The molecule has 0 saturated heterocycles. The number of phenolic OH excluding ortho intramolecular Hbond substituents is 1. The molecule has 9 heteroatoms. The van der Waals surface area contributed by atoms with E-state index in [0.29, 0.717) is 17.7 Å². The number of carbonyl (C=O) groups is 1. The van der Waals surface area contributed by atoms with E-state index < -0.39 is 29.5 Å². The van der Waals surface area contributed by atoms with E-state index in [0.717, 1.165) is 5.57 Å². The topological polar surface area (TPSA) is 124 Å². The standard InChI is InChI=1S/C23H22O9/c1-9(2)13-5-10-14(30-13)7-12(24)18-19(10)32-21-22(26)31-15-8-17(29-4)16(28-3)6-11(15)23(21,27)20(18)25/h6-8,13,21-22,24,26-27H,1,5H2,2-4H3/t13-,21-,22+,23+/m1/s1. The van der Waals surface area contributed by atoms with Crippen molar-refractivity contribution >= 4 is 5.78 Å². The summed E-state index contributed by atoms with van der Waals surface area (Å²) in [5.74, 6) is -0.276. The molecule has 0 unspecified atom stereocenters. The maximum Gasteiger partial charge on any atom is 0.238 e. The number of aromatic hydroxyl groups is 1. The van der Waals surface area contributed by atoms with Crippen LogP contribution < -0.4 is 23.7 Å². The molecule has 4 atom stereocenters. The zero-order valence-corrected chi connectivity index (χ0v) is 17.7. The molecule has 0 fully saturated rings. The molecule has 0 spiro atoms. The Hall–Kier alpha value is -3.43. The second-order valence-electron chi connectivity index (χ2n) is 8.08. The van der Waals surface area contributed by atoms with Crippen molar-refractivity contribution in [3.8, 4) is 34.5 Å². The van der Waals surface area contributed by atoms with Crippen LogP contribution in [-0.4, -0.2) is 53.8 Å². The number of aliphatic hydroxyl groups excluding tert-OH is 1. The first-order chi connectivity index (χ1) is 15.2. The van der Waals surface area contributed by atoms with Crippen LogP contribution in [0.25, 0.3) is 0 Å². The van der Waals surface area contributed by atoms with Gasteiger partial charge in [-0.3, -0.25) is 4.79 Å². The van der Waals surface area contributed by atoms with Gasteiger partial charge in [-0.05, 0) is 18.6 Å². The summed E-state index contributed by atoms with van der Waals surface area (Å²) in [5.41, 5.74) is -1.20. The maximum absolute atomic E-state index is 13.7. The highest BCUT2D eigenvalue weighted by Gasteiger charge is 2.61. The average Bonchev–Trinajstić information content (AvgIpc) is 3.19. The van der Waals surface area contributed by atoms with Crippen LogP contribution in [-0.2, 0) is 12.0 Å². The van der Waals surface area contributed by atoms with E-state index in [1.165, 1.54) is 32.4 Å². The van der Waals surface area contributed by atoms with Gasteiger partial charge in [0.15, 0.2) is 17.1 Å². The predicted octanol–water partition coefficient (Wildman–Crippen LogP) is 1.83. The molecule has 2 aromatic rings. The summed E-state index contributed by atoms with van der Waals surface area (Å²) in [7, 11) is 2.83. The largest absolute Gasteiger partial charge is 0.507 e. The third-order valence-electron chi connectivity index (χ3n) is 6.16. The molecule has 0 amide bonds. The van der Waals surface area contributed by atoms with Crippen LogP contribution in [0, 0.1) is 0 Å². The van der Waals surface area contributed by atoms with Gasteiger partial charge in [0.2, 0.25) is 18.2 Å². The van der Waals surface area contributed by atoms with Gasteiger partial charge in [-0.1, -0.05) is 6.58 Å². The summed E-state index contributed by atoms with van der Waals surface area (Å²) in [5, 5.41) is 33.0. The molecular formula is C23H22O9. The van der Waals surface area contributed by atoms with Gasteiger partial charge in [-0.25, -0.2) is 0 Å². The number of ether oxygens (including phenoxy) is 5. The molecule has 9 nitrogen and oxygen atoms in total. The Bertz CT molecular complexity index is 1170. The fourth-order valence-corrected chi connectivity index (χ4v) is 4.49. The number of carbonyl (C=O) groups excluding carboxylic acids is 1. The lowest BCUT2D eigenvalue weighted by molar-refractivity contribution is -0.179. The first-order valence-corrected chi connectivity index (χ1v) is 9.96. The van der Waals surface area contributed by atoms with Gasteiger partial charge in [-0.15, -0.1) is 0 Å². The minimum atomic E-state index is -2.35. The van der Waals surface area contributed by atoms with Gasteiger partial charge in [0.1, 0.15) is 34.7 Å². The molecule has 5 rings (SSSR count). The lowest BCUT2D eigenvalue weighted by Crippen LogP contribution is -2.61. The summed E-state index contributed by atoms with van der Waals surface area (Å²) in [6, 6.07) is 4.12. The van der Waals surface area contributed by atoms with Crippen molar-refractivity contribution in [3.63, 3.8) is 0 Å². The minimum Gasteiger partial charge on any atom is -0.507 e. The summed E-state index contributed by atoms with van der Waals surface area (Å²) < 4.78 is 27.9. The van der Waals surface area contributed by atoms with Crippen LogP contribution in [0.4, 0.5) is 0 Å². The number of hydrogen-bond acceptors (Lipinski definition) is 9. The first kappa shape index (κ1) is 20.5. The monoisotopic (exact) mass is 442 g/mol. The fourth-order valence-electron chi connectivity index (χ4n) is 4.49. The molecule has 0 aliphatic carbocycles. The SMILES string of the molecule is C=C(C)[C@H]1Cc2c(cc(O)c3c2O[C@@H]2[C@@H](O)Oc4cc(OC)c(OC)cc4[C@]2(O)C3=O)O1. The third kappa shape index (κ3) is 2.55. The molecule has 3 aliphatic rings. The van der Waals surface area contributed by atoms with Gasteiger partial charge in [0, 0.05) is 29.7 Å². The van der Waals surface area contributed by atoms with Crippen molar-refractivity contribution in [1.29, 1.82) is 0 Å². The average molecular weight is 442 g/mol. The van der Waals surface area contributed by atoms with E-state index in [1.807, 2.05) is 6.92 Å². The molecule has 3 aliphatic heterocycles. The summed E-state index contributed by atoms with van der Waals surface area (Å²) in [6.45, 7) is 5.71. The Morgan fingerprint density at radius 2 is 1.81 bits per heavy atom. The molecule has 32 heavy (non-hydrogen) atoms. The normalized spacial score (nSPS) is 27.0. The molecule has 0 saturated carbocycles. The van der Waals surface area contributed by atoms with Crippen LogP contribution in [0.3, 0.4) is 0 Å². The molecule has 2 aromatic carbocycles. The van der Waals surface area contributed by atoms with Gasteiger partial charge in [0.25, 0.3) is 0 Å². The van der Waals surface area contributed by atoms with Crippen LogP contribution >= 0.6 is 0 Å². The van der Waals surface area contributed by atoms with Crippen LogP contribution in [0.1, 0.15) is 28.4 Å². The highest BCUT2D eigenvalue weighted by Crippen LogP contribution is 2.54. The number of hydrogen-bond donors (Lipinski definition) is 3. The van der Waals surface area contributed by atoms with E-state index in [4.69, 9.17) is 23.7 Å². The summed E-state index contributed by atoms with van der Waals surface area (Å²) >= 11 is 0. The smallest absolute Gasteiger partial charge is 0.238 e. The van der Waals surface area contributed by atoms with Crippen molar-refractivity contribution in [2.75, 3.05) is 14.2 Å². The molecule has 3 N–H and O–H groups in total. The third-order valence-corrected chi connectivity index (χ3v) is 6.16. The van der Waals surface area contributed by atoms with Crippen LogP contribution in [0.5, 0.6) is 34.5 Å². The number of rotatable bonds is 3. The van der Waals surface area contributed by atoms with Crippen molar-refractivity contribution in [2.45, 2.75) is 37.4 Å². The molecule has 168 valence electrons. The predicted molar refractivity (Wildman–Crippen MR) is 110 cm³/mol. The number of benzene rings is 2. The highest BCUT2D eigenvalue weighted by atomic mass is 16.6. The highest BCUT2D eigenvalue weighted by molar-refractivity contribution is 6.09. The molecule has 3 heterocycles. The Balaban J connectivity index is 1.70. The van der Waals surface area contributed by atoms with Crippen LogP contribution in [0.15, 0.2) is 30.4 Å². The number of phenols is 1. The van der Waals surface area contributed by atoms with E-state index in [2.05, 4.69) is 6.58 Å². The molecular weight excluding hydrogens is 420 g/mol. The second kappa shape index (κ2) is 6.78. The van der Waals surface area contributed by atoms with Crippen molar-refractivity contribution < 1.29 is 43.8 Å².